The second kappa shape index (κ2) is 8.43. The van der Waals surface area contributed by atoms with Gasteiger partial charge in [0.05, 0.1) is 12.1 Å². The number of hydrogen-bond acceptors (Lipinski definition) is 4. The summed E-state index contributed by atoms with van der Waals surface area (Å²) < 4.78 is 5.79. The molecule has 1 unspecified atom stereocenters. The Balaban J connectivity index is 1.29. The summed E-state index contributed by atoms with van der Waals surface area (Å²) in [5.74, 6) is 0.297. The summed E-state index contributed by atoms with van der Waals surface area (Å²) in [6.07, 6.45) is -0.735. The van der Waals surface area contributed by atoms with Gasteiger partial charge in [-0.2, -0.15) is 0 Å². The molecular formula is C22H24ClN3O3. The molecule has 1 saturated heterocycles. The Morgan fingerprint density at radius 2 is 1.86 bits per heavy atom. The van der Waals surface area contributed by atoms with Gasteiger partial charge in [-0.1, -0.05) is 29.8 Å². The largest absolute Gasteiger partial charge is 0.478 e. The van der Waals surface area contributed by atoms with Crippen LogP contribution in [0.1, 0.15) is 17.5 Å². The van der Waals surface area contributed by atoms with Crippen molar-refractivity contribution in [1.82, 2.24) is 9.80 Å². The van der Waals surface area contributed by atoms with Crippen LogP contribution in [0.4, 0.5) is 5.69 Å². The zero-order valence-electron chi connectivity index (χ0n) is 16.4. The first-order valence-corrected chi connectivity index (χ1v) is 10.2. The number of nitrogens with one attached hydrogen (secondary N) is 1. The van der Waals surface area contributed by atoms with Gasteiger partial charge in [0.2, 0.25) is 5.91 Å². The number of carbonyl (C=O) groups excluding carboxylic acids is 2. The summed E-state index contributed by atoms with van der Waals surface area (Å²) in [7, 11) is 0. The first kappa shape index (κ1) is 19.7. The van der Waals surface area contributed by atoms with E-state index < -0.39 is 6.10 Å². The number of anilines is 1. The number of rotatable bonds is 4. The van der Waals surface area contributed by atoms with E-state index in [4.69, 9.17) is 16.3 Å². The van der Waals surface area contributed by atoms with Crippen LogP contribution in [0.3, 0.4) is 0 Å². The van der Waals surface area contributed by atoms with Gasteiger partial charge >= 0.3 is 0 Å². The number of benzene rings is 2. The van der Waals surface area contributed by atoms with Crippen molar-refractivity contribution in [2.45, 2.75) is 26.0 Å². The van der Waals surface area contributed by atoms with Gasteiger partial charge in [-0.3, -0.25) is 14.5 Å². The van der Waals surface area contributed by atoms with E-state index in [2.05, 4.69) is 10.2 Å². The van der Waals surface area contributed by atoms with Crippen molar-refractivity contribution in [2.24, 2.45) is 0 Å². The highest BCUT2D eigenvalue weighted by atomic mass is 35.5. The Labute approximate surface area is 175 Å². The van der Waals surface area contributed by atoms with Crippen molar-refractivity contribution in [3.8, 4) is 5.75 Å². The van der Waals surface area contributed by atoms with E-state index in [0.717, 1.165) is 30.2 Å². The molecule has 1 atom stereocenters. The van der Waals surface area contributed by atoms with Crippen LogP contribution >= 0.6 is 11.6 Å². The molecule has 0 spiro atoms. The molecule has 2 amide bonds. The summed E-state index contributed by atoms with van der Waals surface area (Å²) in [4.78, 5) is 29.2. The molecule has 0 bridgehead atoms. The maximum atomic E-state index is 12.7. The van der Waals surface area contributed by atoms with E-state index in [1.54, 1.807) is 0 Å². The molecule has 0 radical (unpaired) electrons. The highest BCUT2D eigenvalue weighted by molar-refractivity contribution is 6.30. The number of aryl methyl sites for hydroxylation is 1. The van der Waals surface area contributed by atoms with E-state index in [0.29, 0.717) is 24.5 Å². The molecule has 29 heavy (non-hydrogen) atoms. The van der Waals surface area contributed by atoms with Gasteiger partial charge in [-0.25, -0.2) is 0 Å². The van der Waals surface area contributed by atoms with Crippen molar-refractivity contribution in [2.75, 3.05) is 31.5 Å². The van der Waals surface area contributed by atoms with E-state index in [1.165, 1.54) is 5.56 Å². The van der Waals surface area contributed by atoms with Gasteiger partial charge in [0.15, 0.2) is 6.10 Å². The van der Waals surface area contributed by atoms with E-state index in [1.807, 2.05) is 54.3 Å². The molecule has 152 valence electrons. The number of halogens is 1. The smallest absolute Gasteiger partial charge is 0.266 e. The van der Waals surface area contributed by atoms with Crippen LogP contribution in [0.15, 0.2) is 42.5 Å². The minimum atomic E-state index is -0.787. The standard InChI is InChI=1S/C22H24ClN3O3/c1-15-2-7-19-18(12-15)24-22(28)20(29-19)13-21(27)26-10-8-25(9-11-26)14-16-3-5-17(23)6-4-16/h2-7,12,20H,8-11,13-14H2,1H3,(H,24,28). The lowest BCUT2D eigenvalue weighted by Crippen LogP contribution is -2.50. The van der Waals surface area contributed by atoms with Crippen molar-refractivity contribution in [3.63, 3.8) is 0 Å². The Hall–Kier alpha value is -2.57. The Bertz CT molecular complexity index is 908. The third-order valence-corrected chi connectivity index (χ3v) is 5.61. The zero-order chi connectivity index (χ0) is 20.4. The molecule has 1 N–H and O–H groups in total. The average Bonchev–Trinajstić information content (AvgIpc) is 2.71. The van der Waals surface area contributed by atoms with Crippen LogP contribution in [0, 0.1) is 6.92 Å². The predicted octanol–water partition coefficient (Wildman–Crippen LogP) is 3.08. The summed E-state index contributed by atoms with van der Waals surface area (Å²) in [6.45, 7) is 5.69. The molecule has 2 aliphatic heterocycles. The topological polar surface area (TPSA) is 61.9 Å². The van der Waals surface area contributed by atoms with Crippen LogP contribution in [0.2, 0.25) is 5.02 Å². The Kier molecular flexibility index (Phi) is 5.74. The van der Waals surface area contributed by atoms with Crippen LogP contribution in [0.5, 0.6) is 5.75 Å². The summed E-state index contributed by atoms with van der Waals surface area (Å²) in [5.41, 5.74) is 2.91. The van der Waals surface area contributed by atoms with Gasteiger partial charge in [0.25, 0.3) is 5.91 Å². The van der Waals surface area contributed by atoms with Crippen LogP contribution < -0.4 is 10.1 Å². The average molecular weight is 414 g/mol. The number of nitrogens with zero attached hydrogens (tertiary/aromatic N) is 2. The number of ether oxygens (including phenoxy) is 1. The lowest BCUT2D eigenvalue weighted by atomic mass is 10.1. The summed E-state index contributed by atoms with van der Waals surface area (Å²) in [5, 5.41) is 3.58. The molecule has 2 heterocycles. The SMILES string of the molecule is Cc1ccc2c(c1)NC(=O)C(CC(=O)N1CCN(Cc3ccc(Cl)cc3)CC1)O2. The van der Waals surface area contributed by atoms with Crippen LogP contribution in [-0.2, 0) is 16.1 Å². The molecule has 1 fully saturated rings. The first-order valence-electron chi connectivity index (χ1n) is 9.81. The number of carbonyl (C=O) groups is 2. The van der Waals surface area contributed by atoms with Gasteiger partial charge in [-0.05, 0) is 42.3 Å². The number of hydrogen-bond donors (Lipinski definition) is 1. The maximum Gasteiger partial charge on any atom is 0.266 e. The quantitative estimate of drug-likeness (QED) is 0.836. The lowest BCUT2D eigenvalue weighted by Gasteiger charge is -2.35. The van der Waals surface area contributed by atoms with Crippen molar-refractivity contribution >= 4 is 29.1 Å². The van der Waals surface area contributed by atoms with Crippen LogP contribution in [0.25, 0.3) is 0 Å². The maximum absolute atomic E-state index is 12.7. The second-order valence-corrected chi connectivity index (χ2v) is 8.02. The molecule has 6 nitrogen and oxygen atoms in total. The third-order valence-electron chi connectivity index (χ3n) is 5.36. The number of amides is 2. The van der Waals surface area contributed by atoms with Crippen molar-refractivity contribution < 1.29 is 14.3 Å². The van der Waals surface area contributed by atoms with Gasteiger partial charge in [0, 0.05) is 37.7 Å². The normalized spacial score (nSPS) is 19.3. The Morgan fingerprint density at radius 1 is 1.14 bits per heavy atom. The molecule has 7 heteroatoms. The van der Waals surface area contributed by atoms with Gasteiger partial charge in [-0.15, -0.1) is 0 Å². The number of fused-ring (bicyclic) bond motifs is 1. The molecule has 2 aliphatic rings. The molecule has 2 aromatic rings. The second-order valence-electron chi connectivity index (χ2n) is 7.58. The van der Waals surface area contributed by atoms with Gasteiger partial charge < -0.3 is 15.0 Å². The number of piperazine rings is 1. The van der Waals surface area contributed by atoms with Gasteiger partial charge in [0.1, 0.15) is 5.75 Å². The van der Waals surface area contributed by atoms with E-state index in [9.17, 15) is 9.59 Å². The van der Waals surface area contributed by atoms with Crippen molar-refractivity contribution in [1.29, 1.82) is 0 Å². The molecule has 4 rings (SSSR count). The molecule has 0 aliphatic carbocycles. The van der Waals surface area contributed by atoms with E-state index >= 15 is 0 Å². The summed E-state index contributed by atoms with van der Waals surface area (Å²) >= 11 is 5.94. The molecule has 0 saturated carbocycles. The highest BCUT2D eigenvalue weighted by Gasteiger charge is 2.32. The first-order chi connectivity index (χ1) is 14.0. The minimum Gasteiger partial charge on any atom is -0.478 e. The van der Waals surface area contributed by atoms with Crippen molar-refractivity contribution in [3.05, 3.63) is 58.6 Å². The monoisotopic (exact) mass is 413 g/mol. The fourth-order valence-corrected chi connectivity index (χ4v) is 3.82. The fraction of sp³-hybridized carbons (Fsp3) is 0.364. The highest BCUT2D eigenvalue weighted by Crippen LogP contribution is 2.31. The molecule has 0 aromatic heterocycles. The van der Waals surface area contributed by atoms with Crippen LogP contribution in [-0.4, -0.2) is 53.9 Å². The predicted molar refractivity (Wildman–Crippen MR) is 112 cm³/mol. The Morgan fingerprint density at radius 3 is 2.59 bits per heavy atom. The molecule has 2 aromatic carbocycles. The fourth-order valence-electron chi connectivity index (χ4n) is 3.69. The molecular weight excluding hydrogens is 390 g/mol. The minimum absolute atomic E-state index is 0.0492. The third kappa shape index (κ3) is 4.71. The zero-order valence-corrected chi connectivity index (χ0v) is 17.1. The summed E-state index contributed by atoms with van der Waals surface area (Å²) in [6, 6.07) is 13.5. The lowest BCUT2D eigenvalue weighted by molar-refractivity contribution is -0.138. The van der Waals surface area contributed by atoms with E-state index in [-0.39, 0.29) is 18.2 Å².